The number of aromatic amines is 1. The van der Waals surface area contributed by atoms with Crippen molar-refractivity contribution in [2.75, 3.05) is 31.1 Å². The number of nitrogens with zero attached hydrogens (tertiary/aromatic N) is 4. The summed E-state index contributed by atoms with van der Waals surface area (Å²) in [6.45, 7) is 5.20. The lowest BCUT2D eigenvalue weighted by molar-refractivity contribution is 0.247. The Morgan fingerprint density at radius 1 is 0.821 bits per heavy atom. The summed E-state index contributed by atoms with van der Waals surface area (Å²) in [5, 5.41) is 1.26. The molecule has 0 aliphatic carbocycles. The standard InChI is InChI=1S/C23H23N5/c1-2-19(16-25-7-1)18-3-4-23-20(14-18)15-21(26-23)17-27-10-12-28(13-11-27)22-5-8-24-9-6-22/h1-9,14-16,26H,10-13,17H2. The molecule has 1 saturated heterocycles. The maximum absolute atomic E-state index is 4.23. The molecule has 0 saturated carbocycles. The molecule has 140 valence electrons. The highest BCUT2D eigenvalue weighted by atomic mass is 15.3. The average molecular weight is 369 g/mol. The van der Waals surface area contributed by atoms with Gasteiger partial charge in [-0.05, 0) is 42.0 Å². The van der Waals surface area contributed by atoms with E-state index in [0.717, 1.165) is 38.3 Å². The second kappa shape index (κ2) is 7.44. The molecular formula is C23H23N5. The largest absolute Gasteiger partial charge is 0.369 e. The van der Waals surface area contributed by atoms with Crippen molar-refractivity contribution in [1.82, 2.24) is 19.9 Å². The fourth-order valence-corrected chi connectivity index (χ4v) is 3.95. The van der Waals surface area contributed by atoms with Crippen molar-refractivity contribution >= 4 is 16.6 Å². The summed E-state index contributed by atoms with van der Waals surface area (Å²) in [5.74, 6) is 0. The van der Waals surface area contributed by atoms with Crippen LogP contribution < -0.4 is 4.90 Å². The Hall–Kier alpha value is -3.18. The topological polar surface area (TPSA) is 48.1 Å². The average Bonchev–Trinajstić information content (AvgIpc) is 3.17. The van der Waals surface area contributed by atoms with Crippen LogP contribution in [-0.2, 0) is 6.54 Å². The number of aromatic nitrogens is 3. The van der Waals surface area contributed by atoms with Gasteiger partial charge < -0.3 is 9.88 Å². The third kappa shape index (κ3) is 3.49. The molecule has 0 radical (unpaired) electrons. The quantitative estimate of drug-likeness (QED) is 0.592. The van der Waals surface area contributed by atoms with Crippen molar-refractivity contribution in [3.05, 3.63) is 79.0 Å². The molecule has 0 spiro atoms. The van der Waals surface area contributed by atoms with Crippen molar-refractivity contribution in [3.8, 4) is 11.1 Å². The maximum atomic E-state index is 4.23. The van der Waals surface area contributed by atoms with Gasteiger partial charge in [0, 0.05) is 85.4 Å². The molecule has 4 heterocycles. The highest BCUT2D eigenvalue weighted by molar-refractivity contribution is 5.85. The number of hydrogen-bond donors (Lipinski definition) is 1. The normalized spacial score (nSPS) is 15.2. The molecule has 28 heavy (non-hydrogen) atoms. The van der Waals surface area contributed by atoms with E-state index in [9.17, 15) is 0 Å². The Morgan fingerprint density at radius 3 is 2.46 bits per heavy atom. The van der Waals surface area contributed by atoms with Crippen LogP contribution in [0.2, 0.25) is 0 Å². The number of fused-ring (bicyclic) bond motifs is 1. The molecule has 1 N–H and O–H groups in total. The van der Waals surface area contributed by atoms with Gasteiger partial charge in [0.15, 0.2) is 0 Å². The van der Waals surface area contributed by atoms with Gasteiger partial charge in [0.05, 0.1) is 0 Å². The summed E-state index contributed by atoms with van der Waals surface area (Å²) in [5.41, 5.74) is 6.09. The number of piperazine rings is 1. The van der Waals surface area contributed by atoms with E-state index in [1.165, 1.54) is 27.8 Å². The van der Waals surface area contributed by atoms with Crippen LogP contribution in [0.1, 0.15) is 5.69 Å². The Morgan fingerprint density at radius 2 is 1.68 bits per heavy atom. The Labute approximate surface area is 164 Å². The summed E-state index contributed by atoms with van der Waals surface area (Å²) in [4.78, 5) is 16.9. The molecule has 4 aromatic rings. The van der Waals surface area contributed by atoms with Gasteiger partial charge in [-0.1, -0.05) is 12.1 Å². The fourth-order valence-electron chi connectivity index (χ4n) is 3.95. The van der Waals surface area contributed by atoms with Crippen molar-refractivity contribution < 1.29 is 0 Å². The lowest BCUT2D eigenvalue weighted by Gasteiger charge is -2.35. The lowest BCUT2D eigenvalue weighted by atomic mass is 10.1. The molecule has 3 aromatic heterocycles. The van der Waals surface area contributed by atoms with Gasteiger partial charge in [-0.3, -0.25) is 14.9 Å². The van der Waals surface area contributed by atoms with E-state index in [2.05, 4.69) is 67.2 Å². The number of benzene rings is 1. The number of anilines is 1. The summed E-state index contributed by atoms with van der Waals surface area (Å²) in [7, 11) is 0. The van der Waals surface area contributed by atoms with E-state index in [-0.39, 0.29) is 0 Å². The monoisotopic (exact) mass is 369 g/mol. The SMILES string of the molecule is c1cncc(-c2ccc3[nH]c(CN4CCN(c5ccncc5)CC4)cc3c2)c1. The van der Waals surface area contributed by atoms with Gasteiger partial charge in [-0.25, -0.2) is 0 Å². The van der Waals surface area contributed by atoms with E-state index < -0.39 is 0 Å². The minimum atomic E-state index is 0.959. The minimum Gasteiger partial charge on any atom is -0.369 e. The molecule has 1 aliphatic rings. The van der Waals surface area contributed by atoms with E-state index >= 15 is 0 Å². The molecule has 1 aliphatic heterocycles. The molecule has 5 nitrogen and oxygen atoms in total. The van der Waals surface area contributed by atoms with Gasteiger partial charge in [-0.15, -0.1) is 0 Å². The fraction of sp³-hybridized carbons (Fsp3) is 0.217. The van der Waals surface area contributed by atoms with Gasteiger partial charge in [0.2, 0.25) is 0 Å². The second-order valence-electron chi connectivity index (χ2n) is 7.31. The number of H-pyrrole nitrogens is 1. The van der Waals surface area contributed by atoms with E-state index in [1.54, 1.807) is 0 Å². The van der Waals surface area contributed by atoms with Gasteiger partial charge in [-0.2, -0.15) is 0 Å². The third-order valence-corrected chi connectivity index (χ3v) is 5.47. The smallest absolute Gasteiger partial charge is 0.0456 e. The minimum absolute atomic E-state index is 0.959. The van der Waals surface area contributed by atoms with E-state index in [0.29, 0.717) is 0 Å². The Bertz CT molecular complexity index is 1050. The number of rotatable bonds is 4. The van der Waals surface area contributed by atoms with Crippen LogP contribution in [0, 0.1) is 0 Å². The van der Waals surface area contributed by atoms with Gasteiger partial charge in [0.1, 0.15) is 0 Å². The molecule has 5 rings (SSSR count). The number of hydrogen-bond acceptors (Lipinski definition) is 4. The Balaban J connectivity index is 1.27. The molecule has 1 fully saturated rings. The van der Waals surface area contributed by atoms with Crippen LogP contribution in [0.5, 0.6) is 0 Å². The van der Waals surface area contributed by atoms with Crippen LogP contribution >= 0.6 is 0 Å². The third-order valence-electron chi connectivity index (χ3n) is 5.47. The zero-order valence-electron chi connectivity index (χ0n) is 15.8. The number of nitrogens with one attached hydrogen (secondary N) is 1. The van der Waals surface area contributed by atoms with Crippen molar-refractivity contribution in [3.63, 3.8) is 0 Å². The van der Waals surface area contributed by atoms with Crippen molar-refractivity contribution in [1.29, 1.82) is 0 Å². The summed E-state index contributed by atoms with van der Waals surface area (Å²) >= 11 is 0. The summed E-state index contributed by atoms with van der Waals surface area (Å²) < 4.78 is 0. The first-order chi connectivity index (χ1) is 13.8. The molecule has 1 aromatic carbocycles. The number of pyridine rings is 2. The first kappa shape index (κ1) is 17.0. The van der Waals surface area contributed by atoms with Crippen LogP contribution in [0.4, 0.5) is 5.69 Å². The zero-order valence-corrected chi connectivity index (χ0v) is 15.8. The van der Waals surface area contributed by atoms with Crippen molar-refractivity contribution in [2.24, 2.45) is 0 Å². The van der Waals surface area contributed by atoms with Crippen LogP contribution in [0.15, 0.2) is 73.3 Å². The predicted octanol–water partition coefficient (Wildman–Crippen LogP) is 3.95. The highest BCUT2D eigenvalue weighted by Gasteiger charge is 2.18. The van der Waals surface area contributed by atoms with Crippen LogP contribution in [-0.4, -0.2) is 46.0 Å². The predicted molar refractivity (Wildman–Crippen MR) is 113 cm³/mol. The maximum Gasteiger partial charge on any atom is 0.0456 e. The zero-order chi connectivity index (χ0) is 18.8. The van der Waals surface area contributed by atoms with E-state index in [1.807, 2.05) is 30.9 Å². The molecular weight excluding hydrogens is 346 g/mol. The first-order valence-electron chi connectivity index (χ1n) is 9.74. The van der Waals surface area contributed by atoms with Gasteiger partial charge >= 0.3 is 0 Å². The molecule has 0 amide bonds. The highest BCUT2D eigenvalue weighted by Crippen LogP contribution is 2.25. The van der Waals surface area contributed by atoms with Gasteiger partial charge in [0.25, 0.3) is 0 Å². The molecule has 5 heteroatoms. The lowest BCUT2D eigenvalue weighted by Crippen LogP contribution is -2.46. The molecule has 0 bridgehead atoms. The summed E-state index contributed by atoms with van der Waals surface area (Å²) in [6.07, 6.45) is 7.46. The van der Waals surface area contributed by atoms with E-state index in [4.69, 9.17) is 0 Å². The second-order valence-corrected chi connectivity index (χ2v) is 7.31. The summed E-state index contributed by atoms with van der Waals surface area (Å²) in [6, 6.07) is 17.1. The first-order valence-corrected chi connectivity index (χ1v) is 9.74. The van der Waals surface area contributed by atoms with Crippen molar-refractivity contribution in [2.45, 2.75) is 6.54 Å². The Kier molecular flexibility index (Phi) is 4.51. The molecule has 0 atom stereocenters. The molecule has 0 unspecified atom stereocenters. The van der Waals surface area contributed by atoms with Crippen LogP contribution in [0.25, 0.3) is 22.0 Å². The van der Waals surface area contributed by atoms with Crippen LogP contribution in [0.3, 0.4) is 0 Å².